The first-order valence-corrected chi connectivity index (χ1v) is 6.63. The van der Waals surface area contributed by atoms with Crippen LogP contribution in [-0.2, 0) is 10.2 Å². The van der Waals surface area contributed by atoms with Crippen molar-refractivity contribution in [2.45, 2.75) is 26.2 Å². The number of hydrogen-bond acceptors (Lipinski definition) is 2. The third-order valence-electron chi connectivity index (χ3n) is 3.06. The molecule has 2 rings (SSSR count). The number of carbonyl (C=O) groups is 1. The van der Waals surface area contributed by atoms with E-state index in [2.05, 4.69) is 25.1 Å². The number of carboxylic acids is 1. The molecule has 0 amide bonds. The van der Waals surface area contributed by atoms with Gasteiger partial charge in [-0.05, 0) is 38.5 Å². The topological polar surface area (TPSA) is 37.3 Å². The smallest absolute Gasteiger partial charge is 0.314 e. The molecule has 0 aliphatic carbocycles. The lowest BCUT2D eigenvalue weighted by molar-refractivity contribution is -0.142. The van der Waals surface area contributed by atoms with Crippen LogP contribution >= 0.6 is 11.3 Å². The van der Waals surface area contributed by atoms with E-state index in [9.17, 15) is 9.90 Å². The molecule has 1 aromatic carbocycles. The number of aryl methyl sites for hydroxylation is 1. The first kappa shape index (κ1) is 12.8. The highest BCUT2D eigenvalue weighted by atomic mass is 32.1. The van der Waals surface area contributed by atoms with Crippen LogP contribution in [0.2, 0.25) is 0 Å². The minimum atomic E-state index is -0.827. The second-order valence-electron chi connectivity index (χ2n) is 4.96. The first-order valence-electron chi connectivity index (χ1n) is 5.82. The third-order valence-corrected chi connectivity index (χ3v) is 4.52. The lowest BCUT2D eigenvalue weighted by Crippen LogP contribution is -2.27. The Bertz CT molecular complexity index is 582. The van der Waals surface area contributed by atoms with E-state index in [1.807, 2.05) is 18.2 Å². The summed E-state index contributed by atoms with van der Waals surface area (Å²) in [5.74, 6) is -0.792. The molecule has 0 fully saturated rings. The highest BCUT2D eigenvalue weighted by Gasteiger charge is 2.31. The van der Waals surface area contributed by atoms with E-state index in [0.717, 1.165) is 15.3 Å². The molecule has 1 heterocycles. The van der Waals surface area contributed by atoms with Crippen molar-refractivity contribution in [2.24, 2.45) is 0 Å². The summed E-state index contributed by atoms with van der Waals surface area (Å²) < 4.78 is 0. The molecule has 94 valence electrons. The molecule has 0 radical (unpaired) electrons. The van der Waals surface area contributed by atoms with Crippen molar-refractivity contribution in [2.75, 3.05) is 0 Å². The van der Waals surface area contributed by atoms with Gasteiger partial charge in [-0.15, -0.1) is 11.3 Å². The highest BCUT2D eigenvalue weighted by Crippen LogP contribution is 2.35. The fourth-order valence-electron chi connectivity index (χ4n) is 1.73. The summed E-state index contributed by atoms with van der Waals surface area (Å²) >= 11 is 1.55. The van der Waals surface area contributed by atoms with Crippen molar-refractivity contribution < 1.29 is 9.90 Å². The Kier molecular flexibility index (Phi) is 3.26. The average Bonchev–Trinajstić information content (AvgIpc) is 2.78. The van der Waals surface area contributed by atoms with Gasteiger partial charge in [0.05, 0.1) is 5.41 Å². The fraction of sp³-hybridized carbons (Fsp3) is 0.267. The third kappa shape index (κ3) is 2.31. The summed E-state index contributed by atoms with van der Waals surface area (Å²) in [6, 6.07) is 12.2. The molecule has 2 aromatic rings. The van der Waals surface area contributed by atoms with Crippen molar-refractivity contribution in [3.63, 3.8) is 0 Å². The first-order chi connectivity index (χ1) is 8.41. The Balaban J connectivity index is 2.40. The number of hydrogen-bond donors (Lipinski definition) is 1. The van der Waals surface area contributed by atoms with E-state index in [4.69, 9.17) is 0 Å². The standard InChI is InChI=1S/C15H16O2S/c1-10-5-4-6-11(9-10)12-7-8-13(18-12)15(2,3)14(16)17/h4-9H,1-3H3,(H,16,17). The molecule has 0 atom stereocenters. The average molecular weight is 260 g/mol. The summed E-state index contributed by atoms with van der Waals surface area (Å²) in [5, 5.41) is 9.23. The van der Waals surface area contributed by atoms with E-state index in [1.54, 1.807) is 25.2 Å². The predicted molar refractivity (Wildman–Crippen MR) is 75.2 cm³/mol. The Morgan fingerprint density at radius 3 is 2.56 bits per heavy atom. The predicted octanol–water partition coefficient (Wildman–Crippen LogP) is 4.09. The Morgan fingerprint density at radius 1 is 1.22 bits per heavy atom. The minimum Gasteiger partial charge on any atom is -0.481 e. The molecule has 0 aliphatic rings. The zero-order valence-corrected chi connectivity index (χ0v) is 11.5. The lowest BCUT2D eigenvalue weighted by Gasteiger charge is -2.16. The Morgan fingerprint density at radius 2 is 1.94 bits per heavy atom. The summed E-state index contributed by atoms with van der Waals surface area (Å²) in [6.07, 6.45) is 0. The maximum absolute atomic E-state index is 11.2. The molecule has 3 heteroatoms. The molecule has 0 aliphatic heterocycles. The zero-order chi connectivity index (χ0) is 13.3. The molecule has 18 heavy (non-hydrogen) atoms. The molecule has 0 spiro atoms. The van der Waals surface area contributed by atoms with Gasteiger partial charge < -0.3 is 5.11 Å². The van der Waals surface area contributed by atoms with Gasteiger partial charge in [0.1, 0.15) is 0 Å². The molecule has 0 unspecified atom stereocenters. The largest absolute Gasteiger partial charge is 0.481 e. The van der Waals surface area contributed by atoms with Gasteiger partial charge in [0.15, 0.2) is 0 Å². The molecule has 0 saturated heterocycles. The van der Waals surface area contributed by atoms with Crippen LogP contribution in [0.5, 0.6) is 0 Å². The molecule has 1 aromatic heterocycles. The van der Waals surface area contributed by atoms with Gasteiger partial charge in [-0.2, -0.15) is 0 Å². The summed E-state index contributed by atoms with van der Waals surface area (Å²) in [7, 11) is 0. The van der Waals surface area contributed by atoms with E-state index >= 15 is 0 Å². The second kappa shape index (κ2) is 4.58. The van der Waals surface area contributed by atoms with E-state index < -0.39 is 11.4 Å². The van der Waals surface area contributed by atoms with Crippen LogP contribution in [0.4, 0.5) is 0 Å². The van der Waals surface area contributed by atoms with Gasteiger partial charge in [0, 0.05) is 9.75 Å². The van der Waals surface area contributed by atoms with Crippen LogP contribution < -0.4 is 0 Å². The number of aliphatic carboxylic acids is 1. The summed E-state index contributed by atoms with van der Waals surface area (Å²) in [5.41, 5.74) is 1.53. The van der Waals surface area contributed by atoms with Crippen LogP contribution in [0.15, 0.2) is 36.4 Å². The van der Waals surface area contributed by atoms with Crippen LogP contribution in [0, 0.1) is 6.92 Å². The van der Waals surface area contributed by atoms with Gasteiger partial charge in [-0.3, -0.25) is 4.79 Å². The van der Waals surface area contributed by atoms with Crippen molar-refractivity contribution in [1.82, 2.24) is 0 Å². The maximum atomic E-state index is 11.2. The van der Waals surface area contributed by atoms with Crippen molar-refractivity contribution in [1.29, 1.82) is 0 Å². The van der Waals surface area contributed by atoms with Gasteiger partial charge in [0.2, 0.25) is 0 Å². The van der Waals surface area contributed by atoms with Gasteiger partial charge in [-0.25, -0.2) is 0 Å². The van der Waals surface area contributed by atoms with E-state index in [0.29, 0.717) is 0 Å². The Hall–Kier alpha value is -1.61. The zero-order valence-electron chi connectivity index (χ0n) is 10.7. The van der Waals surface area contributed by atoms with Crippen molar-refractivity contribution in [3.05, 3.63) is 46.8 Å². The van der Waals surface area contributed by atoms with Crippen LogP contribution in [-0.4, -0.2) is 11.1 Å². The fourth-order valence-corrected chi connectivity index (χ4v) is 2.83. The summed E-state index contributed by atoms with van der Waals surface area (Å²) in [6.45, 7) is 5.53. The molecule has 0 saturated carbocycles. The number of carboxylic acid groups (broad SMARTS) is 1. The van der Waals surface area contributed by atoms with Crippen molar-refractivity contribution >= 4 is 17.3 Å². The van der Waals surface area contributed by atoms with Gasteiger partial charge >= 0.3 is 5.97 Å². The number of benzene rings is 1. The van der Waals surface area contributed by atoms with Crippen LogP contribution in [0.1, 0.15) is 24.3 Å². The molecular formula is C15H16O2S. The molecule has 1 N–H and O–H groups in total. The molecule has 0 bridgehead atoms. The summed E-state index contributed by atoms with van der Waals surface area (Å²) in [4.78, 5) is 13.2. The quantitative estimate of drug-likeness (QED) is 0.902. The number of thiophene rings is 1. The lowest BCUT2D eigenvalue weighted by atomic mass is 9.92. The normalized spacial score (nSPS) is 11.5. The van der Waals surface area contributed by atoms with E-state index in [1.165, 1.54) is 5.56 Å². The second-order valence-corrected chi connectivity index (χ2v) is 6.05. The van der Waals surface area contributed by atoms with Crippen LogP contribution in [0.25, 0.3) is 10.4 Å². The minimum absolute atomic E-state index is 0.792. The monoisotopic (exact) mass is 260 g/mol. The SMILES string of the molecule is Cc1cccc(-c2ccc(C(C)(C)C(=O)O)s2)c1. The van der Waals surface area contributed by atoms with E-state index in [-0.39, 0.29) is 0 Å². The molecule has 2 nitrogen and oxygen atoms in total. The van der Waals surface area contributed by atoms with Gasteiger partial charge in [0.25, 0.3) is 0 Å². The van der Waals surface area contributed by atoms with Gasteiger partial charge in [-0.1, -0.05) is 29.8 Å². The Labute approximate surface area is 111 Å². The van der Waals surface area contributed by atoms with Crippen LogP contribution in [0.3, 0.4) is 0 Å². The van der Waals surface area contributed by atoms with Crippen molar-refractivity contribution in [3.8, 4) is 10.4 Å². The number of rotatable bonds is 3. The molecular weight excluding hydrogens is 244 g/mol. The highest BCUT2D eigenvalue weighted by molar-refractivity contribution is 7.15. The maximum Gasteiger partial charge on any atom is 0.314 e.